The molecular weight excluding hydrogens is 1120 g/mol. The first-order chi connectivity index (χ1) is 39.8. The van der Waals surface area contributed by atoms with Crippen LogP contribution >= 0.6 is 0 Å². The highest BCUT2D eigenvalue weighted by molar-refractivity contribution is 5.79. The van der Waals surface area contributed by atoms with Gasteiger partial charge in [0.1, 0.15) is 104 Å². The van der Waals surface area contributed by atoms with Crippen LogP contribution in [0.15, 0.2) is 11.6 Å². The molecule has 5 aliphatic carbocycles. The largest absolute Gasteiger partial charge is 0.432 e. The van der Waals surface area contributed by atoms with Gasteiger partial charge < -0.3 is 124 Å². The van der Waals surface area contributed by atoms with Crippen LogP contribution in [0, 0.1) is 50.2 Å². The van der Waals surface area contributed by atoms with E-state index >= 15 is 4.79 Å². The monoisotopic (exact) mass is 1220 g/mol. The summed E-state index contributed by atoms with van der Waals surface area (Å²) < 4.78 is 59.4. The minimum atomic E-state index is -1.90. The van der Waals surface area contributed by atoms with Crippen LogP contribution in [-0.4, -0.2) is 263 Å². The van der Waals surface area contributed by atoms with E-state index in [1.165, 1.54) is 19.4 Å². The molecular formula is C59H96O26. The van der Waals surface area contributed by atoms with Gasteiger partial charge in [0.25, 0.3) is 0 Å². The van der Waals surface area contributed by atoms with Crippen molar-refractivity contribution in [3.8, 4) is 0 Å². The lowest BCUT2D eigenvalue weighted by Crippen LogP contribution is -2.67. The third kappa shape index (κ3) is 11.1. The van der Waals surface area contributed by atoms with E-state index < -0.39 is 189 Å². The number of fused-ring (bicyclic) bond motifs is 7. The molecule has 0 amide bonds. The molecule has 4 saturated carbocycles. The van der Waals surface area contributed by atoms with Gasteiger partial charge in [0.2, 0.25) is 6.29 Å². The smallest absolute Gasteiger partial charge is 0.315 e. The van der Waals surface area contributed by atoms with Crippen LogP contribution in [0.25, 0.3) is 0 Å². The summed E-state index contributed by atoms with van der Waals surface area (Å²) in [5.74, 6) is -0.861. The van der Waals surface area contributed by atoms with E-state index in [0.717, 1.165) is 12.8 Å². The molecule has 0 aromatic heterocycles. The fraction of sp³-hybridized carbons (Fsp3) is 0.949. The SMILES string of the molecule is C[C@H]1O[C@H](O[C@@H]2[C@@H](O[C@H]3CC[C@@]4(C)[C@@H](CC[C@]5(C)[C@@H]4CC=C4[C@@H]6CC(C)(C)CC[C@]6(C(=O)O[C@@H]6O[C@H](CO[C@@H]7O[C@H](CO)[C@@H](O[C@H]8O[C@H](C)[C@@H](O)[C@H](O)[C@@H]8O)[C@H](O)[C@H]7O)[C@@H](O)[C@H](O)[C@H]6O)CC[C@]45C)[C@@]3(C)CO)OC[C@@H](O)[C@H]2O)[C@@H](O)[C@@H](O)[C@@H]1O. The van der Waals surface area contributed by atoms with Gasteiger partial charge >= 0.3 is 5.97 Å². The maximum Gasteiger partial charge on any atom is 0.315 e. The average Bonchev–Trinajstić information content (AvgIpc) is 0.692. The molecule has 85 heavy (non-hydrogen) atoms. The number of hydrogen-bond donors (Lipinski definition) is 15. The quantitative estimate of drug-likeness (QED) is 0.0513. The topological polar surface area (TPSA) is 413 Å². The predicted octanol–water partition coefficient (Wildman–Crippen LogP) is -2.54. The summed E-state index contributed by atoms with van der Waals surface area (Å²) in [5, 5.41) is 163. The van der Waals surface area contributed by atoms with Crippen molar-refractivity contribution in [3.05, 3.63) is 11.6 Å². The molecule has 10 rings (SSSR count). The summed E-state index contributed by atoms with van der Waals surface area (Å²) in [6, 6.07) is 0. The molecule has 10 aliphatic rings. The molecule has 0 aromatic carbocycles. The standard InChI is InChI=1S/C59H96O26/c1-24-34(63)38(67)42(71)49(78-24)83-46-29(20-60)80-48(45(74)41(46)70)77-22-30-37(66)40(69)44(73)51(81-30)85-53(75)59-17-15-54(3,4)19-27(59)26-9-10-32-55(5)13-12-33(56(6,23-61)31(55)11-14-58(32,8)57(26,7)16-18-59)82-52-47(36(65)28(62)21-76-52)84-50-43(72)39(68)35(64)25(2)79-50/h9,24-25,27-52,60-74H,10-23H2,1-8H3/t24-,25-,27+,28-,29-,30-,31-,32-,33+,34-,35-,36-,37-,38+,39+,40+,41-,42+,43+,44-,45-,46-,47+,48-,49-,50-,51+,52-,55+,56-,57-,58-,59+/m1/s1. The Labute approximate surface area is 494 Å². The molecule has 488 valence electrons. The second-order valence-electron chi connectivity index (χ2n) is 28.5. The number of aliphatic hydroxyl groups is 15. The lowest BCUT2D eigenvalue weighted by Gasteiger charge is -2.71. The molecule has 5 aliphatic heterocycles. The number of esters is 1. The van der Waals surface area contributed by atoms with Crippen LogP contribution in [0.1, 0.15) is 120 Å². The first-order valence-corrected chi connectivity index (χ1v) is 30.6. The molecule has 0 radical (unpaired) electrons. The maximum absolute atomic E-state index is 15.2. The third-order valence-corrected chi connectivity index (χ3v) is 23.2. The van der Waals surface area contributed by atoms with E-state index in [0.29, 0.717) is 51.4 Å². The minimum Gasteiger partial charge on any atom is -0.432 e. The zero-order valence-corrected chi connectivity index (χ0v) is 49.8. The Balaban J connectivity index is 0.833. The molecule has 26 nitrogen and oxygen atoms in total. The van der Waals surface area contributed by atoms with Gasteiger partial charge in [-0.25, -0.2) is 0 Å². The van der Waals surface area contributed by atoms with Crippen LogP contribution in [0.2, 0.25) is 0 Å². The van der Waals surface area contributed by atoms with Gasteiger partial charge in [-0.1, -0.05) is 53.2 Å². The Kier molecular flexibility index (Phi) is 19.0. The summed E-state index contributed by atoms with van der Waals surface area (Å²) in [6.07, 6.45) is -29.6. The van der Waals surface area contributed by atoms with Crippen molar-refractivity contribution >= 4 is 5.97 Å². The van der Waals surface area contributed by atoms with Gasteiger partial charge in [0, 0.05) is 5.41 Å². The van der Waals surface area contributed by atoms with Crippen molar-refractivity contribution in [2.45, 2.75) is 273 Å². The second kappa shape index (κ2) is 24.4. The van der Waals surface area contributed by atoms with E-state index in [4.69, 9.17) is 47.4 Å². The van der Waals surface area contributed by atoms with Crippen molar-refractivity contribution in [1.29, 1.82) is 0 Å². The minimum absolute atomic E-state index is 0.0670. The Hall–Kier alpha value is -1.75. The normalized spacial score (nSPS) is 55.3. The molecule has 9 fully saturated rings. The van der Waals surface area contributed by atoms with Crippen LogP contribution in [0.5, 0.6) is 0 Å². The summed E-state index contributed by atoms with van der Waals surface area (Å²) in [7, 11) is 0. The molecule has 5 heterocycles. The highest BCUT2D eigenvalue weighted by atomic mass is 16.8. The van der Waals surface area contributed by atoms with E-state index in [9.17, 15) is 76.6 Å². The summed E-state index contributed by atoms with van der Waals surface area (Å²) in [4.78, 5) is 15.2. The van der Waals surface area contributed by atoms with Gasteiger partial charge in [-0.3, -0.25) is 4.79 Å². The van der Waals surface area contributed by atoms with E-state index in [1.54, 1.807) is 0 Å². The van der Waals surface area contributed by atoms with Crippen LogP contribution < -0.4 is 0 Å². The van der Waals surface area contributed by atoms with E-state index in [-0.39, 0.29) is 47.2 Å². The van der Waals surface area contributed by atoms with Gasteiger partial charge in [-0.05, 0) is 117 Å². The van der Waals surface area contributed by atoms with Crippen LogP contribution in [0.3, 0.4) is 0 Å². The van der Waals surface area contributed by atoms with Gasteiger partial charge in [-0.2, -0.15) is 0 Å². The zero-order valence-electron chi connectivity index (χ0n) is 49.8. The molecule has 0 unspecified atom stereocenters. The fourth-order valence-corrected chi connectivity index (χ4v) is 17.5. The van der Waals surface area contributed by atoms with Crippen molar-refractivity contribution in [2.24, 2.45) is 50.2 Å². The highest BCUT2D eigenvalue weighted by Gasteiger charge is 2.71. The number of ether oxygens (including phenoxy) is 10. The number of hydrogen-bond acceptors (Lipinski definition) is 26. The van der Waals surface area contributed by atoms with Crippen molar-refractivity contribution < 1.29 is 129 Å². The summed E-state index contributed by atoms with van der Waals surface area (Å²) in [6.45, 7) is 14.3. The summed E-state index contributed by atoms with van der Waals surface area (Å²) in [5.41, 5.74) is -1.93. The molecule has 26 heteroatoms. The molecule has 0 bridgehead atoms. The van der Waals surface area contributed by atoms with Crippen LogP contribution in [-0.2, 0) is 52.2 Å². The average molecular weight is 1220 g/mol. The fourth-order valence-electron chi connectivity index (χ4n) is 17.5. The lowest BCUT2D eigenvalue weighted by molar-refractivity contribution is -0.365. The number of aliphatic hydroxyl groups excluding tert-OH is 15. The Bertz CT molecular complexity index is 2370. The van der Waals surface area contributed by atoms with E-state index in [2.05, 4.69) is 40.7 Å². The van der Waals surface area contributed by atoms with Crippen molar-refractivity contribution in [2.75, 3.05) is 26.4 Å². The third-order valence-electron chi connectivity index (χ3n) is 23.2. The molecule has 0 spiro atoms. The molecule has 5 saturated heterocycles. The predicted molar refractivity (Wildman–Crippen MR) is 288 cm³/mol. The molecule has 33 atom stereocenters. The van der Waals surface area contributed by atoms with Crippen molar-refractivity contribution in [3.63, 3.8) is 0 Å². The molecule has 0 aromatic rings. The zero-order chi connectivity index (χ0) is 62.0. The van der Waals surface area contributed by atoms with Crippen molar-refractivity contribution in [1.82, 2.24) is 0 Å². The second-order valence-corrected chi connectivity index (χ2v) is 28.5. The summed E-state index contributed by atoms with van der Waals surface area (Å²) >= 11 is 0. The number of carbonyl (C=O) groups excluding carboxylic acids is 1. The first kappa shape index (κ1) is 66.2. The van der Waals surface area contributed by atoms with Gasteiger partial charge in [-0.15, -0.1) is 0 Å². The number of allylic oxidation sites excluding steroid dienone is 2. The Morgan fingerprint density at radius 1 is 0.565 bits per heavy atom. The van der Waals surface area contributed by atoms with Gasteiger partial charge in [0.15, 0.2) is 25.2 Å². The van der Waals surface area contributed by atoms with Crippen LogP contribution in [0.4, 0.5) is 0 Å². The number of carbonyl (C=O) groups is 1. The van der Waals surface area contributed by atoms with E-state index in [1.807, 2.05) is 6.92 Å². The Morgan fingerprint density at radius 3 is 1.76 bits per heavy atom. The highest BCUT2D eigenvalue weighted by Crippen LogP contribution is 2.76. The Morgan fingerprint density at radius 2 is 1.14 bits per heavy atom. The van der Waals surface area contributed by atoms with Gasteiger partial charge in [0.05, 0.1) is 50.2 Å². The first-order valence-electron chi connectivity index (χ1n) is 30.6. The molecule has 15 N–H and O–H groups in total. The number of rotatable bonds is 13. The maximum atomic E-state index is 15.2. The lowest BCUT2D eigenvalue weighted by atomic mass is 9.33.